The van der Waals surface area contributed by atoms with E-state index in [4.69, 9.17) is 0 Å². The molecule has 1 heterocycles. The van der Waals surface area contributed by atoms with Gasteiger partial charge in [-0.15, -0.1) is 11.3 Å². The molecule has 0 saturated heterocycles. The smallest absolute Gasteiger partial charge is 0.255 e. The molecule has 0 fully saturated rings. The number of nitrogens with one attached hydrogen (secondary N) is 1. The molecule has 2 aromatic rings. The molecule has 0 atom stereocenters. The van der Waals surface area contributed by atoms with Crippen LogP contribution >= 0.6 is 11.3 Å². The van der Waals surface area contributed by atoms with Crippen molar-refractivity contribution < 1.29 is 8.42 Å². The van der Waals surface area contributed by atoms with E-state index in [0.717, 1.165) is 35.4 Å². The largest absolute Gasteiger partial charge is 0.263 e. The zero-order chi connectivity index (χ0) is 15.0. The van der Waals surface area contributed by atoms with Crippen LogP contribution in [-0.2, 0) is 22.9 Å². The van der Waals surface area contributed by atoms with Gasteiger partial charge in [-0.1, -0.05) is 6.07 Å². The van der Waals surface area contributed by atoms with Crippen molar-refractivity contribution in [1.82, 2.24) is 4.98 Å². The van der Waals surface area contributed by atoms with Gasteiger partial charge in [0.1, 0.15) is 0 Å². The molecule has 6 heteroatoms. The lowest BCUT2D eigenvalue weighted by Gasteiger charge is -2.16. The minimum atomic E-state index is -3.55. The molecule has 1 aromatic heterocycles. The van der Waals surface area contributed by atoms with E-state index in [0.29, 0.717) is 10.0 Å². The third-order valence-corrected chi connectivity index (χ3v) is 6.33. The van der Waals surface area contributed by atoms with Crippen molar-refractivity contribution in [1.29, 1.82) is 0 Å². The maximum absolute atomic E-state index is 12.5. The lowest BCUT2D eigenvalue weighted by Crippen LogP contribution is -2.14. The average Bonchev–Trinajstić information content (AvgIpc) is 2.76. The van der Waals surface area contributed by atoms with Gasteiger partial charge in [-0.3, -0.25) is 4.72 Å². The van der Waals surface area contributed by atoms with Crippen molar-refractivity contribution >= 4 is 26.5 Å². The van der Waals surface area contributed by atoms with Crippen LogP contribution < -0.4 is 4.72 Å². The zero-order valence-corrected chi connectivity index (χ0v) is 13.8. The van der Waals surface area contributed by atoms with E-state index in [9.17, 15) is 8.42 Å². The highest BCUT2D eigenvalue weighted by Crippen LogP contribution is 2.27. The number of aromatic nitrogens is 1. The Kier molecular flexibility index (Phi) is 3.75. The number of aryl methyl sites for hydroxylation is 4. The molecule has 112 valence electrons. The van der Waals surface area contributed by atoms with Crippen molar-refractivity contribution in [3.8, 4) is 0 Å². The molecule has 0 unspecified atom stereocenters. The van der Waals surface area contributed by atoms with E-state index in [-0.39, 0.29) is 0 Å². The summed E-state index contributed by atoms with van der Waals surface area (Å²) in [4.78, 5) is 5.59. The van der Waals surface area contributed by atoms with Crippen LogP contribution in [0, 0.1) is 13.8 Å². The number of thiazole rings is 1. The van der Waals surface area contributed by atoms with E-state index in [1.54, 1.807) is 6.07 Å². The van der Waals surface area contributed by atoms with E-state index in [2.05, 4.69) is 9.71 Å². The number of hydrogen-bond donors (Lipinski definition) is 1. The predicted octanol–water partition coefficient (Wildman–Crippen LogP) is 3.44. The Morgan fingerprint density at radius 2 is 1.86 bits per heavy atom. The molecule has 1 aromatic carbocycles. The highest BCUT2D eigenvalue weighted by molar-refractivity contribution is 7.93. The number of anilines is 1. The fourth-order valence-electron chi connectivity index (χ4n) is 2.57. The van der Waals surface area contributed by atoms with Crippen LogP contribution in [0.1, 0.15) is 34.5 Å². The Hall–Kier alpha value is -1.40. The molecule has 0 aliphatic heterocycles. The second kappa shape index (κ2) is 5.42. The first-order valence-corrected chi connectivity index (χ1v) is 9.34. The van der Waals surface area contributed by atoms with E-state index in [1.807, 2.05) is 26.0 Å². The second-order valence-corrected chi connectivity index (χ2v) is 8.29. The number of benzene rings is 1. The third kappa shape index (κ3) is 2.96. The summed E-state index contributed by atoms with van der Waals surface area (Å²) in [5.74, 6) is 0. The summed E-state index contributed by atoms with van der Waals surface area (Å²) in [5, 5.41) is 0.433. The molecule has 21 heavy (non-hydrogen) atoms. The van der Waals surface area contributed by atoms with Crippen molar-refractivity contribution in [3.05, 3.63) is 39.9 Å². The molecule has 0 bridgehead atoms. The van der Waals surface area contributed by atoms with Crippen molar-refractivity contribution in [2.45, 2.75) is 44.4 Å². The van der Waals surface area contributed by atoms with Gasteiger partial charge in [0, 0.05) is 4.88 Å². The molecule has 1 aliphatic carbocycles. The molecule has 1 aliphatic rings. The topological polar surface area (TPSA) is 59.1 Å². The Balaban J connectivity index is 1.91. The maximum atomic E-state index is 12.5. The summed E-state index contributed by atoms with van der Waals surface area (Å²) in [7, 11) is -3.55. The molecule has 1 N–H and O–H groups in total. The van der Waals surface area contributed by atoms with Crippen LogP contribution in [0.4, 0.5) is 5.13 Å². The summed E-state index contributed by atoms with van der Waals surface area (Å²) >= 11 is 1.36. The van der Waals surface area contributed by atoms with Crippen molar-refractivity contribution in [2.24, 2.45) is 0 Å². The second-order valence-electron chi connectivity index (χ2n) is 5.40. The first kappa shape index (κ1) is 14.5. The van der Waals surface area contributed by atoms with Crippen LogP contribution in [0.5, 0.6) is 0 Å². The van der Waals surface area contributed by atoms with Crippen molar-refractivity contribution in [3.63, 3.8) is 0 Å². The minimum Gasteiger partial charge on any atom is -0.255 e. The van der Waals surface area contributed by atoms with Gasteiger partial charge < -0.3 is 0 Å². The molecule has 3 rings (SSSR count). The molecule has 0 spiro atoms. The first-order chi connectivity index (χ1) is 9.95. The fourth-order valence-corrected chi connectivity index (χ4v) is 4.67. The van der Waals surface area contributed by atoms with Crippen LogP contribution in [0.25, 0.3) is 0 Å². The van der Waals surface area contributed by atoms with Gasteiger partial charge in [0.25, 0.3) is 10.0 Å². The highest BCUT2D eigenvalue weighted by atomic mass is 32.2. The summed E-state index contributed by atoms with van der Waals surface area (Å²) in [6.45, 7) is 3.81. The lowest BCUT2D eigenvalue weighted by atomic mass is 9.92. The molecular formula is C15H18N2O2S2. The number of nitrogens with zero attached hydrogens (tertiary/aromatic N) is 1. The molecule has 0 radical (unpaired) electrons. The zero-order valence-electron chi connectivity index (χ0n) is 12.1. The molecule has 0 saturated carbocycles. The lowest BCUT2D eigenvalue weighted by molar-refractivity contribution is 0.600. The molecular weight excluding hydrogens is 304 g/mol. The summed E-state index contributed by atoms with van der Waals surface area (Å²) in [5.41, 5.74) is 3.31. The quantitative estimate of drug-likeness (QED) is 0.941. The number of sulfonamides is 1. The average molecular weight is 322 g/mol. The Bertz CT molecular complexity index is 759. The number of rotatable bonds is 3. The van der Waals surface area contributed by atoms with E-state index < -0.39 is 10.0 Å². The van der Waals surface area contributed by atoms with Gasteiger partial charge in [-0.25, -0.2) is 13.4 Å². The highest BCUT2D eigenvalue weighted by Gasteiger charge is 2.19. The molecule has 0 amide bonds. The van der Waals surface area contributed by atoms with Crippen LogP contribution in [0.15, 0.2) is 23.1 Å². The Morgan fingerprint density at radius 3 is 2.52 bits per heavy atom. The molecule has 4 nitrogen and oxygen atoms in total. The predicted molar refractivity (Wildman–Crippen MR) is 85.5 cm³/mol. The van der Waals surface area contributed by atoms with Gasteiger partial charge in [0.05, 0.1) is 10.6 Å². The van der Waals surface area contributed by atoms with E-state index >= 15 is 0 Å². The third-order valence-electron chi connectivity index (χ3n) is 3.88. The summed E-state index contributed by atoms with van der Waals surface area (Å²) in [6, 6.07) is 5.45. The number of fused-ring (bicyclic) bond motifs is 1. The van der Waals surface area contributed by atoms with Crippen molar-refractivity contribution in [2.75, 3.05) is 4.72 Å². The summed E-state index contributed by atoms with van der Waals surface area (Å²) in [6.07, 6.45) is 4.34. The fraction of sp³-hybridized carbons (Fsp3) is 0.400. The Morgan fingerprint density at radius 1 is 1.14 bits per heavy atom. The standard InChI is InChI=1S/C15H18N2O2S2/c1-10-11(2)20-15(16-10)17-21(18,19)14-8-7-12-5-3-4-6-13(12)9-14/h7-9H,3-6H2,1-2H3,(H,16,17). The van der Waals surface area contributed by atoms with Gasteiger partial charge in [-0.2, -0.15) is 0 Å². The van der Waals surface area contributed by atoms with Gasteiger partial charge in [-0.05, 0) is 62.8 Å². The summed E-state index contributed by atoms with van der Waals surface area (Å²) < 4.78 is 27.5. The first-order valence-electron chi connectivity index (χ1n) is 7.04. The SMILES string of the molecule is Cc1nc(NS(=O)(=O)c2ccc3c(c2)CCCC3)sc1C. The van der Waals surface area contributed by atoms with Gasteiger partial charge in [0.15, 0.2) is 5.13 Å². The Labute approximate surface area is 129 Å². The number of hydrogen-bond acceptors (Lipinski definition) is 4. The minimum absolute atomic E-state index is 0.327. The van der Waals surface area contributed by atoms with Gasteiger partial charge >= 0.3 is 0 Å². The van der Waals surface area contributed by atoms with Crippen LogP contribution in [0.3, 0.4) is 0 Å². The van der Waals surface area contributed by atoms with Gasteiger partial charge in [0.2, 0.25) is 0 Å². The van der Waals surface area contributed by atoms with Crippen LogP contribution in [-0.4, -0.2) is 13.4 Å². The monoisotopic (exact) mass is 322 g/mol. The van der Waals surface area contributed by atoms with E-state index in [1.165, 1.54) is 23.3 Å². The van der Waals surface area contributed by atoms with Crippen LogP contribution in [0.2, 0.25) is 0 Å². The normalized spacial score (nSPS) is 14.8. The maximum Gasteiger partial charge on any atom is 0.263 e.